The standard InChI is InChI=1S/C21H22N6O/c28-20-9-21(27-5-4-22-13-27)25-11-18(20)19-12-23-17(10-24-19)8-14-6-15-2-1-3-16(7-14)26-15/h4-5,8-13,15-16,26H,1-3,6-7H2,(H,25,28)/b14-8-/t15-,16+/m0/s1. The van der Waals surface area contributed by atoms with Crippen molar-refractivity contribution in [2.45, 2.75) is 44.2 Å². The van der Waals surface area contributed by atoms with E-state index < -0.39 is 0 Å². The van der Waals surface area contributed by atoms with E-state index >= 15 is 0 Å². The third kappa shape index (κ3) is 3.41. The zero-order valence-electron chi connectivity index (χ0n) is 15.5. The van der Waals surface area contributed by atoms with Crippen LogP contribution < -0.4 is 5.32 Å². The van der Waals surface area contributed by atoms with Crippen molar-refractivity contribution in [1.29, 1.82) is 0 Å². The maximum absolute atomic E-state index is 10.4. The molecule has 0 spiro atoms. The minimum Gasteiger partial charge on any atom is -0.507 e. The largest absolute Gasteiger partial charge is 0.507 e. The molecule has 2 aliphatic heterocycles. The monoisotopic (exact) mass is 374 g/mol. The van der Waals surface area contributed by atoms with E-state index in [0.717, 1.165) is 18.5 Å². The lowest BCUT2D eigenvalue weighted by molar-refractivity contribution is 0.283. The van der Waals surface area contributed by atoms with Crippen LogP contribution in [0.25, 0.3) is 23.2 Å². The predicted octanol–water partition coefficient (Wildman–Crippen LogP) is 3.12. The fourth-order valence-electron chi connectivity index (χ4n) is 4.19. The average molecular weight is 374 g/mol. The number of imidazole rings is 1. The molecular formula is C21H22N6O. The molecule has 7 heteroatoms. The summed E-state index contributed by atoms with van der Waals surface area (Å²) in [7, 11) is 0. The molecule has 142 valence electrons. The van der Waals surface area contributed by atoms with Crippen molar-refractivity contribution in [1.82, 2.24) is 29.8 Å². The molecule has 0 unspecified atom stereocenters. The minimum absolute atomic E-state index is 0.116. The van der Waals surface area contributed by atoms with Crippen LogP contribution in [0.1, 0.15) is 37.8 Å². The summed E-state index contributed by atoms with van der Waals surface area (Å²) in [4.78, 5) is 17.4. The smallest absolute Gasteiger partial charge is 0.141 e. The van der Waals surface area contributed by atoms with Crippen LogP contribution in [0.5, 0.6) is 5.75 Å². The van der Waals surface area contributed by atoms with E-state index in [1.807, 2.05) is 0 Å². The zero-order chi connectivity index (χ0) is 18.9. The van der Waals surface area contributed by atoms with Gasteiger partial charge in [0.2, 0.25) is 0 Å². The van der Waals surface area contributed by atoms with Crippen molar-refractivity contribution in [2.24, 2.45) is 0 Å². The van der Waals surface area contributed by atoms with Crippen LogP contribution in [0, 0.1) is 0 Å². The molecular weight excluding hydrogens is 352 g/mol. The number of aromatic nitrogens is 5. The Hall–Kier alpha value is -3.06. The van der Waals surface area contributed by atoms with Gasteiger partial charge < -0.3 is 10.4 Å². The fourth-order valence-corrected chi connectivity index (χ4v) is 4.19. The predicted molar refractivity (Wildman–Crippen MR) is 106 cm³/mol. The first-order valence-corrected chi connectivity index (χ1v) is 9.70. The Morgan fingerprint density at radius 2 is 1.93 bits per heavy atom. The second-order valence-corrected chi connectivity index (χ2v) is 7.56. The molecule has 2 N–H and O–H groups in total. The van der Waals surface area contributed by atoms with Crippen LogP contribution >= 0.6 is 0 Å². The van der Waals surface area contributed by atoms with Crippen molar-refractivity contribution in [2.75, 3.05) is 0 Å². The molecule has 0 aromatic carbocycles. The lowest BCUT2D eigenvalue weighted by Crippen LogP contribution is -2.46. The van der Waals surface area contributed by atoms with Crippen molar-refractivity contribution in [3.8, 4) is 22.8 Å². The number of piperidine rings is 2. The van der Waals surface area contributed by atoms with Gasteiger partial charge in [-0.25, -0.2) is 9.97 Å². The number of pyridine rings is 1. The van der Waals surface area contributed by atoms with Gasteiger partial charge in [0.05, 0.1) is 29.3 Å². The lowest BCUT2D eigenvalue weighted by Gasteiger charge is -2.37. The van der Waals surface area contributed by atoms with Crippen LogP contribution in [0.15, 0.2) is 49.0 Å². The molecule has 2 saturated heterocycles. The van der Waals surface area contributed by atoms with E-state index in [9.17, 15) is 5.11 Å². The SMILES string of the molecule is Oc1cc(-n2ccnc2)ncc1-c1cnc(/C=C2\C[C@H]3CCC[C@@H](C2)N3)cn1. The average Bonchev–Trinajstić information content (AvgIpc) is 3.23. The number of hydrogen-bond donors (Lipinski definition) is 2. The Morgan fingerprint density at radius 3 is 2.61 bits per heavy atom. The first-order chi connectivity index (χ1) is 13.7. The van der Waals surface area contributed by atoms with Gasteiger partial charge in [0, 0.05) is 36.7 Å². The molecule has 7 nitrogen and oxygen atoms in total. The van der Waals surface area contributed by atoms with Crippen molar-refractivity contribution >= 4 is 6.08 Å². The van der Waals surface area contributed by atoms with Gasteiger partial charge in [-0.3, -0.25) is 14.5 Å². The second-order valence-electron chi connectivity index (χ2n) is 7.56. The number of rotatable bonds is 3. The minimum atomic E-state index is 0.116. The molecule has 2 aliphatic rings. The van der Waals surface area contributed by atoms with Gasteiger partial charge in [-0.1, -0.05) is 12.0 Å². The van der Waals surface area contributed by atoms with E-state index in [4.69, 9.17) is 0 Å². The van der Waals surface area contributed by atoms with E-state index in [1.54, 1.807) is 47.9 Å². The molecule has 2 fully saturated rings. The molecule has 3 aromatic heterocycles. The molecule has 5 heterocycles. The van der Waals surface area contributed by atoms with Gasteiger partial charge in [0.25, 0.3) is 0 Å². The van der Waals surface area contributed by atoms with Crippen molar-refractivity contribution < 1.29 is 5.11 Å². The summed E-state index contributed by atoms with van der Waals surface area (Å²) in [6.45, 7) is 0. The van der Waals surface area contributed by atoms with Gasteiger partial charge >= 0.3 is 0 Å². The lowest BCUT2D eigenvalue weighted by atomic mass is 9.83. The number of nitrogens with zero attached hydrogens (tertiary/aromatic N) is 5. The molecule has 28 heavy (non-hydrogen) atoms. The number of aromatic hydroxyl groups is 1. The van der Waals surface area contributed by atoms with Crippen LogP contribution in [0.4, 0.5) is 0 Å². The fraction of sp³-hybridized carbons (Fsp3) is 0.333. The van der Waals surface area contributed by atoms with Gasteiger partial charge in [0.15, 0.2) is 0 Å². The van der Waals surface area contributed by atoms with Crippen molar-refractivity contribution in [3.05, 3.63) is 54.6 Å². The van der Waals surface area contributed by atoms with Crippen molar-refractivity contribution in [3.63, 3.8) is 0 Å². The maximum atomic E-state index is 10.4. The summed E-state index contributed by atoms with van der Waals surface area (Å²) in [6, 6.07) is 2.83. The Balaban J connectivity index is 1.36. The Bertz CT molecular complexity index is 982. The summed E-state index contributed by atoms with van der Waals surface area (Å²) >= 11 is 0. The molecule has 2 bridgehead atoms. The van der Waals surface area contributed by atoms with Gasteiger partial charge in [0.1, 0.15) is 17.9 Å². The van der Waals surface area contributed by atoms with E-state index in [1.165, 1.54) is 24.8 Å². The highest BCUT2D eigenvalue weighted by atomic mass is 16.3. The number of nitrogens with one attached hydrogen (secondary N) is 1. The second kappa shape index (κ2) is 7.16. The molecule has 0 amide bonds. The third-order valence-electron chi connectivity index (χ3n) is 5.53. The van der Waals surface area contributed by atoms with Crippen LogP contribution in [-0.2, 0) is 0 Å². The summed E-state index contributed by atoms with van der Waals surface area (Å²) in [6.07, 6.45) is 18.4. The highest BCUT2D eigenvalue weighted by Gasteiger charge is 2.27. The molecule has 2 atom stereocenters. The van der Waals surface area contributed by atoms with Gasteiger partial charge in [-0.05, 0) is 31.8 Å². The summed E-state index contributed by atoms with van der Waals surface area (Å²) in [5, 5.41) is 14.1. The first-order valence-electron chi connectivity index (χ1n) is 9.70. The topological polar surface area (TPSA) is 88.8 Å². The van der Waals surface area contributed by atoms with Crippen LogP contribution in [0.3, 0.4) is 0 Å². The quantitative estimate of drug-likeness (QED) is 0.732. The van der Waals surface area contributed by atoms with Gasteiger partial charge in [-0.15, -0.1) is 0 Å². The zero-order valence-corrected chi connectivity index (χ0v) is 15.5. The van der Waals surface area contributed by atoms with Crippen LogP contribution in [-0.4, -0.2) is 41.7 Å². The molecule has 0 aliphatic carbocycles. The molecule has 5 rings (SSSR count). The summed E-state index contributed by atoms with van der Waals surface area (Å²) in [5.74, 6) is 0.717. The summed E-state index contributed by atoms with van der Waals surface area (Å²) < 4.78 is 1.73. The molecule has 3 aromatic rings. The maximum Gasteiger partial charge on any atom is 0.141 e. The summed E-state index contributed by atoms with van der Waals surface area (Å²) in [5.41, 5.74) is 3.48. The first kappa shape index (κ1) is 17.1. The van der Waals surface area contributed by atoms with E-state index in [-0.39, 0.29) is 5.75 Å². The molecule has 0 saturated carbocycles. The Kier molecular flexibility index (Phi) is 4.37. The normalized spacial score (nSPS) is 23.1. The van der Waals surface area contributed by atoms with Gasteiger partial charge in [-0.2, -0.15) is 0 Å². The third-order valence-corrected chi connectivity index (χ3v) is 5.53. The highest BCUT2D eigenvalue weighted by molar-refractivity contribution is 5.66. The Morgan fingerprint density at radius 1 is 1.07 bits per heavy atom. The van der Waals surface area contributed by atoms with E-state index in [0.29, 0.717) is 29.2 Å². The van der Waals surface area contributed by atoms with Crippen LogP contribution in [0.2, 0.25) is 0 Å². The Labute approximate surface area is 163 Å². The number of hydrogen-bond acceptors (Lipinski definition) is 6. The van der Waals surface area contributed by atoms with E-state index in [2.05, 4.69) is 31.3 Å². The highest BCUT2D eigenvalue weighted by Crippen LogP contribution is 2.31. The molecule has 0 radical (unpaired) electrons. The number of fused-ring (bicyclic) bond motifs is 2.